The smallest absolute Gasteiger partial charge is 0.0237 e. The molecule has 1 heteroatoms. The molecule has 0 aliphatic carbocycles. The predicted molar refractivity (Wildman–Crippen MR) is 80.8 cm³/mol. The molecule has 1 heterocycles. The van der Waals surface area contributed by atoms with Gasteiger partial charge >= 0.3 is 0 Å². The van der Waals surface area contributed by atoms with Crippen LogP contribution in [-0.4, -0.2) is 18.0 Å². The third-order valence-corrected chi connectivity index (χ3v) is 3.60. The molecule has 19 heavy (non-hydrogen) atoms. The highest BCUT2D eigenvalue weighted by atomic mass is 15.1. The van der Waals surface area contributed by atoms with Crippen LogP contribution in [0.25, 0.3) is 6.08 Å². The van der Waals surface area contributed by atoms with Gasteiger partial charge in [-0.2, -0.15) is 0 Å². The van der Waals surface area contributed by atoms with Crippen molar-refractivity contribution >= 4 is 6.08 Å². The highest BCUT2D eigenvalue weighted by Gasteiger charge is 2.16. The van der Waals surface area contributed by atoms with Crippen molar-refractivity contribution in [3.8, 4) is 0 Å². The van der Waals surface area contributed by atoms with Gasteiger partial charge in [-0.25, -0.2) is 0 Å². The summed E-state index contributed by atoms with van der Waals surface area (Å²) in [4.78, 5) is 2.52. The molecule has 1 fully saturated rings. The van der Waals surface area contributed by atoms with Crippen molar-refractivity contribution in [2.75, 3.05) is 13.1 Å². The lowest BCUT2D eigenvalue weighted by atomic mass is 10.1. The quantitative estimate of drug-likeness (QED) is 0.795. The minimum Gasteiger partial charge on any atom is -0.295 e. The Labute approximate surface area is 115 Å². The Bertz CT molecular complexity index is 542. The number of hydrogen-bond acceptors (Lipinski definition) is 1. The van der Waals surface area contributed by atoms with E-state index in [1.54, 1.807) is 5.57 Å². The summed E-state index contributed by atoms with van der Waals surface area (Å²) in [6, 6.07) is 21.3. The van der Waals surface area contributed by atoms with E-state index in [0.29, 0.717) is 0 Å². The van der Waals surface area contributed by atoms with E-state index in [0.717, 1.165) is 13.1 Å². The first-order valence-electron chi connectivity index (χ1n) is 6.91. The molecule has 2 aromatic rings. The molecule has 0 spiro atoms. The predicted octanol–water partition coefficient (Wildman–Crippen LogP) is 3.98. The Hall–Kier alpha value is -1.86. The molecule has 0 amide bonds. The van der Waals surface area contributed by atoms with E-state index >= 15 is 0 Å². The van der Waals surface area contributed by atoms with Gasteiger partial charge in [0.15, 0.2) is 0 Å². The van der Waals surface area contributed by atoms with Gasteiger partial charge < -0.3 is 0 Å². The van der Waals surface area contributed by atoms with E-state index in [4.69, 9.17) is 0 Å². The van der Waals surface area contributed by atoms with Crippen LogP contribution in [-0.2, 0) is 6.54 Å². The number of rotatable bonds is 3. The molecular formula is C18H19N. The monoisotopic (exact) mass is 249 g/mol. The minimum atomic E-state index is 1.06. The van der Waals surface area contributed by atoms with Crippen molar-refractivity contribution in [1.82, 2.24) is 4.90 Å². The lowest BCUT2D eigenvalue weighted by Crippen LogP contribution is -2.18. The van der Waals surface area contributed by atoms with Crippen LogP contribution < -0.4 is 0 Å². The molecule has 0 bridgehead atoms. The third kappa shape index (κ3) is 3.33. The third-order valence-electron chi connectivity index (χ3n) is 3.60. The molecule has 0 aromatic heterocycles. The van der Waals surface area contributed by atoms with Crippen LogP contribution in [0.1, 0.15) is 17.5 Å². The van der Waals surface area contributed by atoms with Crippen LogP contribution in [0, 0.1) is 0 Å². The second kappa shape index (κ2) is 5.85. The van der Waals surface area contributed by atoms with Crippen molar-refractivity contribution in [2.24, 2.45) is 0 Å². The van der Waals surface area contributed by atoms with Crippen LogP contribution in [0.5, 0.6) is 0 Å². The molecule has 0 N–H and O–H groups in total. The van der Waals surface area contributed by atoms with Gasteiger partial charge in [-0.15, -0.1) is 0 Å². The number of benzene rings is 2. The fourth-order valence-electron chi connectivity index (χ4n) is 2.63. The topological polar surface area (TPSA) is 3.24 Å². The molecule has 96 valence electrons. The minimum absolute atomic E-state index is 1.06. The van der Waals surface area contributed by atoms with Crippen molar-refractivity contribution in [1.29, 1.82) is 0 Å². The Kier molecular flexibility index (Phi) is 3.75. The zero-order valence-electron chi connectivity index (χ0n) is 11.1. The van der Waals surface area contributed by atoms with Crippen LogP contribution in [0.2, 0.25) is 0 Å². The maximum atomic E-state index is 2.52. The highest BCUT2D eigenvalue weighted by Crippen LogP contribution is 2.20. The standard InChI is InChI=1S/C18H19N/c1-3-7-16(8-4-1)13-18-11-12-19(15-18)14-17-9-5-2-6-10-17/h1-10,13H,11-12,14-15H2/b18-13+. The lowest BCUT2D eigenvalue weighted by Gasteiger charge is -2.14. The molecule has 1 aliphatic rings. The number of hydrogen-bond donors (Lipinski definition) is 0. The molecule has 1 nitrogen and oxygen atoms in total. The van der Waals surface area contributed by atoms with E-state index in [1.807, 2.05) is 0 Å². The number of nitrogens with zero attached hydrogens (tertiary/aromatic N) is 1. The largest absolute Gasteiger partial charge is 0.295 e. The summed E-state index contributed by atoms with van der Waals surface area (Å²) >= 11 is 0. The van der Waals surface area contributed by atoms with Crippen molar-refractivity contribution in [3.63, 3.8) is 0 Å². The summed E-state index contributed by atoms with van der Waals surface area (Å²) in [7, 11) is 0. The van der Waals surface area contributed by atoms with E-state index < -0.39 is 0 Å². The maximum absolute atomic E-state index is 2.52. The summed E-state index contributed by atoms with van der Waals surface area (Å²) in [5.41, 5.74) is 4.27. The Morgan fingerprint density at radius 3 is 2.32 bits per heavy atom. The van der Waals surface area contributed by atoms with Crippen molar-refractivity contribution in [2.45, 2.75) is 13.0 Å². The molecular weight excluding hydrogens is 230 g/mol. The zero-order chi connectivity index (χ0) is 12.9. The SMILES string of the molecule is C(=C1/CCN(Cc2ccccc2)C1)/c1ccccc1. The normalized spacial score (nSPS) is 18.0. The van der Waals surface area contributed by atoms with Gasteiger partial charge in [-0.05, 0) is 17.5 Å². The molecule has 1 aliphatic heterocycles. The second-order valence-corrected chi connectivity index (χ2v) is 5.16. The van der Waals surface area contributed by atoms with Crippen LogP contribution in [0.15, 0.2) is 66.2 Å². The summed E-state index contributed by atoms with van der Waals surface area (Å²) in [6.45, 7) is 3.34. The molecule has 0 unspecified atom stereocenters. The van der Waals surface area contributed by atoms with Gasteiger partial charge in [0.25, 0.3) is 0 Å². The highest BCUT2D eigenvalue weighted by molar-refractivity contribution is 5.53. The number of likely N-dealkylation sites (tertiary alicyclic amines) is 1. The van der Waals surface area contributed by atoms with E-state index in [-0.39, 0.29) is 0 Å². The van der Waals surface area contributed by atoms with Crippen LogP contribution in [0.4, 0.5) is 0 Å². The fraction of sp³-hybridized carbons (Fsp3) is 0.222. The van der Waals surface area contributed by atoms with Crippen molar-refractivity contribution in [3.05, 3.63) is 77.4 Å². The molecule has 0 saturated carbocycles. The summed E-state index contributed by atoms with van der Waals surface area (Å²) in [6.07, 6.45) is 3.53. The van der Waals surface area contributed by atoms with Gasteiger partial charge in [-0.3, -0.25) is 4.90 Å². The average Bonchev–Trinajstić information content (AvgIpc) is 2.88. The first kappa shape index (κ1) is 12.2. The van der Waals surface area contributed by atoms with Gasteiger partial charge in [0.2, 0.25) is 0 Å². The Morgan fingerprint density at radius 2 is 1.58 bits per heavy atom. The van der Waals surface area contributed by atoms with Crippen LogP contribution in [0.3, 0.4) is 0 Å². The molecule has 2 aromatic carbocycles. The fourth-order valence-corrected chi connectivity index (χ4v) is 2.63. The molecule has 0 radical (unpaired) electrons. The first-order valence-corrected chi connectivity index (χ1v) is 6.91. The molecule has 1 saturated heterocycles. The molecule has 3 rings (SSSR count). The van der Waals surface area contributed by atoms with E-state index in [2.05, 4.69) is 71.6 Å². The average molecular weight is 249 g/mol. The van der Waals surface area contributed by atoms with Gasteiger partial charge in [-0.1, -0.05) is 72.3 Å². The van der Waals surface area contributed by atoms with Crippen LogP contribution >= 0.6 is 0 Å². The second-order valence-electron chi connectivity index (χ2n) is 5.16. The first-order chi connectivity index (χ1) is 9.40. The van der Waals surface area contributed by atoms with Gasteiger partial charge in [0.05, 0.1) is 0 Å². The van der Waals surface area contributed by atoms with E-state index in [9.17, 15) is 0 Å². The van der Waals surface area contributed by atoms with Gasteiger partial charge in [0, 0.05) is 19.6 Å². The van der Waals surface area contributed by atoms with E-state index in [1.165, 1.54) is 24.1 Å². The lowest BCUT2D eigenvalue weighted by molar-refractivity contribution is 0.337. The molecule has 0 atom stereocenters. The Morgan fingerprint density at radius 1 is 0.895 bits per heavy atom. The maximum Gasteiger partial charge on any atom is 0.0237 e. The Balaban J connectivity index is 1.63. The summed E-state index contributed by atoms with van der Waals surface area (Å²) < 4.78 is 0. The summed E-state index contributed by atoms with van der Waals surface area (Å²) in [5, 5.41) is 0. The van der Waals surface area contributed by atoms with Gasteiger partial charge in [0.1, 0.15) is 0 Å². The summed E-state index contributed by atoms with van der Waals surface area (Å²) in [5.74, 6) is 0. The van der Waals surface area contributed by atoms with Crippen molar-refractivity contribution < 1.29 is 0 Å². The zero-order valence-corrected chi connectivity index (χ0v) is 11.1.